The van der Waals surface area contributed by atoms with Crippen molar-refractivity contribution in [3.05, 3.63) is 29.3 Å². The number of hydrogen-bond donors (Lipinski definition) is 3. The van der Waals surface area contributed by atoms with Crippen molar-refractivity contribution in [2.75, 3.05) is 6.61 Å². The highest BCUT2D eigenvalue weighted by Crippen LogP contribution is 2.16. The molecule has 0 spiro atoms. The Morgan fingerprint density at radius 1 is 1.25 bits per heavy atom. The summed E-state index contributed by atoms with van der Waals surface area (Å²) in [6, 6.07) is 6.53. The van der Waals surface area contributed by atoms with E-state index in [1.807, 2.05) is 0 Å². The average Bonchev–Trinajstić information content (AvgIpc) is 2.60. The second-order valence-corrected chi connectivity index (χ2v) is 4.46. The minimum Gasteiger partial charge on any atom is -0.492 e. The van der Waals surface area contributed by atoms with Gasteiger partial charge in [-0.3, -0.25) is 0 Å². The van der Waals surface area contributed by atoms with Crippen LogP contribution in [0.4, 0.5) is 0 Å². The van der Waals surface area contributed by atoms with E-state index in [2.05, 4.69) is 42.9 Å². The van der Waals surface area contributed by atoms with E-state index in [-0.39, 0.29) is 12.2 Å². The molecule has 0 radical (unpaired) electrons. The second-order valence-electron chi connectivity index (χ2n) is 4.46. The third-order valence-electron chi connectivity index (χ3n) is 2.66. The average molecular weight is 221 g/mol. The summed E-state index contributed by atoms with van der Waals surface area (Å²) in [6.07, 6.45) is 0.929. The van der Waals surface area contributed by atoms with Gasteiger partial charge in [0, 0.05) is 0 Å². The molecule has 88 valence electrons. The molecule has 1 aliphatic rings. The van der Waals surface area contributed by atoms with Gasteiger partial charge in [0.1, 0.15) is 12.4 Å². The first-order chi connectivity index (χ1) is 7.63. The molecule has 2 atom stereocenters. The summed E-state index contributed by atoms with van der Waals surface area (Å²) in [4.78, 5) is 0. The van der Waals surface area contributed by atoms with Gasteiger partial charge in [-0.05, 0) is 43.5 Å². The standard InChI is InChI=1S/C12H19N3O/c1-8-3-9(2)5-11(4-8)16-7-10-6-12(13)15-14-10/h3-5,10,12,14-15H,6-7,13H2,1-2H3. The molecule has 0 amide bonds. The predicted molar refractivity (Wildman–Crippen MR) is 64.1 cm³/mol. The number of nitrogens with one attached hydrogen (secondary N) is 2. The molecule has 0 aliphatic carbocycles. The van der Waals surface area contributed by atoms with Crippen LogP contribution in [0.1, 0.15) is 17.5 Å². The second kappa shape index (κ2) is 4.82. The Kier molecular flexibility index (Phi) is 3.43. The molecule has 1 saturated heterocycles. The fraction of sp³-hybridized carbons (Fsp3) is 0.500. The van der Waals surface area contributed by atoms with Gasteiger partial charge in [-0.1, -0.05) is 6.07 Å². The maximum Gasteiger partial charge on any atom is 0.119 e. The molecule has 1 fully saturated rings. The lowest BCUT2D eigenvalue weighted by molar-refractivity contribution is 0.272. The van der Waals surface area contributed by atoms with Gasteiger partial charge < -0.3 is 10.5 Å². The normalized spacial score (nSPS) is 24.7. The van der Waals surface area contributed by atoms with Gasteiger partial charge in [0.15, 0.2) is 0 Å². The number of rotatable bonds is 3. The molecule has 1 aromatic rings. The first kappa shape index (κ1) is 11.4. The predicted octanol–water partition coefficient (Wildman–Crippen LogP) is 0.834. The topological polar surface area (TPSA) is 59.3 Å². The molecular formula is C12H19N3O. The van der Waals surface area contributed by atoms with Crippen molar-refractivity contribution in [1.29, 1.82) is 0 Å². The summed E-state index contributed by atoms with van der Waals surface area (Å²) >= 11 is 0. The summed E-state index contributed by atoms with van der Waals surface area (Å²) < 4.78 is 5.74. The Bertz CT molecular complexity index is 347. The lowest BCUT2D eigenvalue weighted by atomic mass is 10.1. The van der Waals surface area contributed by atoms with Gasteiger partial charge in [0.25, 0.3) is 0 Å². The molecule has 16 heavy (non-hydrogen) atoms. The maximum atomic E-state index is 5.74. The van der Waals surface area contributed by atoms with E-state index in [9.17, 15) is 0 Å². The van der Waals surface area contributed by atoms with Crippen LogP contribution in [-0.4, -0.2) is 18.8 Å². The molecule has 0 saturated carbocycles. The largest absolute Gasteiger partial charge is 0.492 e. The van der Waals surface area contributed by atoms with E-state index in [0.29, 0.717) is 6.61 Å². The summed E-state index contributed by atoms with van der Waals surface area (Å²) in [5, 5.41) is 0. The van der Waals surface area contributed by atoms with Gasteiger partial charge in [-0.15, -0.1) is 0 Å². The molecule has 4 heteroatoms. The van der Waals surface area contributed by atoms with Crippen LogP contribution in [0.2, 0.25) is 0 Å². The van der Waals surface area contributed by atoms with Crippen LogP contribution in [0.25, 0.3) is 0 Å². The van der Waals surface area contributed by atoms with Crippen LogP contribution < -0.4 is 21.3 Å². The summed E-state index contributed by atoms with van der Waals surface area (Å²) in [5.41, 5.74) is 14.2. The zero-order chi connectivity index (χ0) is 11.5. The molecule has 2 rings (SSSR count). The molecular weight excluding hydrogens is 202 g/mol. The van der Waals surface area contributed by atoms with Gasteiger partial charge in [-0.2, -0.15) is 0 Å². The number of hydrogen-bond acceptors (Lipinski definition) is 4. The molecule has 0 aromatic heterocycles. The van der Waals surface area contributed by atoms with Crippen molar-refractivity contribution in [2.45, 2.75) is 32.5 Å². The van der Waals surface area contributed by atoms with Crippen molar-refractivity contribution >= 4 is 0 Å². The molecule has 1 heterocycles. The van der Waals surface area contributed by atoms with Crippen LogP contribution in [0, 0.1) is 13.8 Å². The fourth-order valence-electron chi connectivity index (χ4n) is 1.97. The van der Waals surface area contributed by atoms with Crippen molar-refractivity contribution in [1.82, 2.24) is 10.9 Å². The van der Waals surface area contributed by atoms with E-state index >= 15 is 0 Å². The van der Waals surface area contributed by atoms with Crippen LogP contribution in [0.5, 0.6) is 5.75 Å². The van der Waals surface area contributed by atoms with Crippen LogP contribution in [0.3, 0.4) is 0 Å². The summed E-state index contributed by atoms with van der Waals surface area (Å²) in [5.74, 6) is 0.930. The number of benzene rings is 1. The van der Waals surface area contributed by atoms with Gasteiger partial charge in [0.2, 0.25) is 0 Å². The first-order valence-electron chi connectivity index (χ1n) is 5.61. The third kappa shape index (κ3) is 2.95. The minimum atomic E-state index is 0.0350. The monoisotopic (exact) mass is 221 g/mol. The first-order valence-corrected chi connectivity index (χ1v) is 5.61. The fourth-order valence-corrected chi connectivity index (χ4v) is 1.97. The number of hydrazine groups is 1. The van der Waals surface area contributed by atoms with Crippen LogP contribution in [-0.2, 0) is 0 Å². The number of ether oxygens (including phenoxy) is 1. The molecule has 4 N–H and O–H groups in total. The molecule has 1 aliphatic heterocycles. The van der Waals surface area contributed by atoms with E-state index in [1.165, 1.54) is 11.1 Å². The lowest BCUT2D eigenvalue weighted by Crippen LogP contribution is -2.38. The van der Waals surface area contributed by atoms with E-state index in [1.54, 1.807) is 0 Å². The molecule has 0 bridgehead atoms. The Morgan fingerprint density at radius 3 is 2.50 bits per heavy atom. The van der Waals surface area contributed by atoms with Crippen molar-refractivity contribution in [3.63, 3.8) is 0 Å². The van der Waals surface area contributed by atoms with E-state index in [4.69, 9.17) is 10.5 Å². The highest BCUT2D eigenvalue weighted by Gasteiger charge is 2.20. The SMILES string of the molecule is Cc1cc(C)cc(OCC2CC(N)NN2)c1. The Labute approximate surface area is 96.1 Å². The van der Waals surface area contributed by atoms with Crippen molar-refractivity contribution < 1.29 is 4.74 Å². The highest BCUT2D eigenvalue weighted by atomic mass is 16.5. The maximum absolute atomic E-state index is 5.74. The van der Waals surface area contributed by atoms with Gasteiger partial charge in [-0.25, -0.2) is 10.9 Å². The molecule has 1 aromatic carbocycles. The quantitative estimate of drug-likeness (QED) is 0.707. The summed E-state index contributed by atoms with van der Waals surface area (Å²) in [7, 11) is 0. The van der Waals surface area contributed by atoms with Crippen LogP contribution in [0.15, 0.2) is 18.2 Å². The van der Waals surface area contributed by atoms with Crippen LogP contribution >= 0.6 is 0 Å². The zero-order valence-corrected chi connectivity index (χ0v) is 9.79. The Hall–Kier alpha value is -1.10. The van der Waals surface area contributed by atoms with Crippen molar-refractivity contribution in [2.24, 2.45) is 5.73 Å². The minimum absolute atomic E-state index is 0.0350. The number of nitrogens with two attached hydrogens (primary N) is 1. The van der Waals surface area contributed by atoms with Gasteiger partial charge in [0.05, 0.1) is 12.2 Å². The highest BCUT2D eigenvalue weighted by molar-refractivity contribution is 5.33. The van der Waals surface area contributed by atoms with E-state index < -0.39 is 0 Å². The van der Waals surface area contributed by atoms with Gasteiger partial charge >= 0.3 is 0 Å². The summed E-state index contributed by atoms with van der Waals surface area (Å²) in [6.45, 7) is 4.79. The Morgan fingerprint density at radius 2 is 1.94 bits per heavy atom. The molecule has 4 nitrogen and oxygen atoms in total. The number of aryl methyl sites for hydroxylation is 2. The van der Waals surface area contributed by atoms with Crippen molar-refractivity contribution in [3.8, 4) is 5.75 Å². The zero-order valence-electron chi connectivity index (χ0n) is 9.79. The third-order valence-corrected chi connectivity index (χ3v) is 2.66. The lowest BCUT2D eigenvalue weighted by Gasteiger charge is -2.12. The van der Waals surface area contributed by atoms with E-state index in [0.717, 1.165) is 12.2 Å². The Balaban J connectivity index is 1.89. The smallest absolute Gasteiger partial charge is 0.119 e. The molecule has 2 unspecified atom stereocenters.